The van der Waals surface area contributed by atoms with Gasteiger partial charge < -0.3 is 15.5 Å². The van der Waals surface area contributed by atoms with E-state index in [0.29, 0.717) is 17.8 Å². The number of alkyl halides is 3. The van der Waals surface area contributed by atoms with Gasteiger partial charge >= 0.3 is 6.18 Å². The van der Waals surface area contributed by atoms with Crippen molar-refractivity contribution >= 4 is 38.6 Å². The third-order valence-electron chi connectivity index (χ3n) is 8.89. The summed E-state index contributed by atoms with van der Waals surface area (Å²) in [7, 11) is -3.97. The molecule has 0 bridgehead atoms. The SMILES string of the molecule is C[C@](O)(C(=O)Nc1cccc2c1C(=O)c1sccc1CS2(=O)=O)C(F)(F)F.Cc1ccc(O)c([C@H](CCN(C(C)C)C(C)C)c2ccccc2)c1. The first-order valence-electron chi connectivity index (χ1n) is 16.4. The largest absolute Gasteiger partial charge is 0.508 e. The summed E-state index contributed by atoms with van der Waals surface area (Å²) in [5.74, 6) is -2.38. The molecule has 0 aliphatic carbocycles. The number of carbonyl (C=O) groups is 2. The molecule has 274 valence electrons. The molecule has 0 fully saturated rings. The predicted molar refractivity (Wildman–Crippen MR) is 193 cm³/mol. The fraction of sp³-hybridized carbons (Fsp3) is 0.368. The summed E-state index contributed by atoms with van der Waals surface area (Å²) in [4.78, 5) is 27.1. The molecule has 51 heavy (non-hydrogen) atoms. The van der Waals surface area contributed by atoms with Gasteiger partial charge in [0.1, 0.15) is 5.75 Å². The lowest BCUT2D eigenvalue weighted by Crippen LogP contribution is -2.52. The number of hydrogen-bond donors (Lipinski definition) is 3. The number of phenolic OH excluding ortho intramolecular Hbond substituents is 1. The standard InChI is InChI=1S/C22H31NO.C16H12F3NO5S2/c1-16(2)23(17(3)4)14-13-20(19-9-7-6-8-10-19)21-15-18(5)11-12-22(21)24;1-15(23,16(17,18)19)14(22)20-9-3-2-4-10-11(9)12(21)13-8(5-6-26-13)7-27(10,24)25/h6-12,15-17,20,24H,13-14H2,1-5H3;2-6,23H,7H2,1H3,(H,20,22)/t20-;15-/m10/s1. The summed E-state index contributed by atoms with van der Waals surface area (Å²) >= 11 is 0.992. The molecule has 5 rings (SSSR count). The Bertz CT molecular complexity index is 1960. The molecule has 0 radical (unpaired) electrons. The van der Waals surface area contributed by atoms with E-state index in [1.165, 1.54) is 28.6 Å². The number of phenols is 1. The Labute approximate surface area is 300 Å². The highest BCUT2D eigenvalue weighted by molar-refractivity contribution is 7.90. The van der Waals surface area contributed by atoms with Gasteiger partial charge in [-0.1, -0.05) is 54.1 Å². The van der Waals surface area contributed by atoms with E-state index in [4.69, 9.17) is 0 Å². The molecule has 1 aliphatic heterocycles. The minimum absolute atomic E-state index is 0.126. The average molecular weight is 745 g/mol. The maximum absolute atomic E-state index is 12.9. The molecule has 3 aromatic carbocycles. The van der Waals surface area contributed by atoms with E-state index < -0.39 is 50.3 Å². The van der Waals surface area contributed by atoms with Gasteiger partial charge in [0.15, 0.2) is 9.84 Å². The Morgan fingerprint density at radius 1 is 0.980 bits per heavy atom. The monoisotopic (exact) mass is 744 g/mol. The van der Waals surface area contributed by atoms with Crippen LogP contribution in [0.2, 0.25) is 0 Å². The van der Waals surface area contributed by atoms with Crippen LogP contribution in [-0.2, 0) is 20.4 Å². The van der Waals surface area contributed by atoms with E-state index in [9.17, 15) is 41.4 Å². The van der Waals surface area contributed by atoms with Crippen LogP contribution in [0.3, 0.4) is 0 Å². The van der Waals surface area contributed by atoms with E-state index in [0.717, 1.165) is 42.0 Å². The highest BCUT2D eigenvalue weighted by atomic mass is 32.2. The number of ketones is 1. The van der Waals surface area contributed by atoms with Crippen LogP contribution < -0.4 is 5.32 Å². The van der Waals surface area contributed by atoms with Crippen molar-refractivity contribution in [3.05, 3.63) is 111 Å². The van der Waals surface area contributed by atoms with Gasteiger partial charge in [-0.15, -0.1) is 11.3 Å². The third-order valence-corrected chi connectivity index (χ3v) is 11.5. The smallest absolute Gasteiger partial charge is 0.426 e. The van der Waals surface area contributed by atoms with Crippen molar-refractivity contribution in [1.82, 2.24) is 4.90 Å². The number of amides is 1. The molecule has 0 spiro atoms. The Morgan fingerprint density at radius 3 is 2.24 bits per heavy atom. The number of anilines is 1. The fourth-order valence-electron chi connectivity index (χ4n) is 6.08. The Hall–Kier alpha value is -4.04. The van der Waals surface area contributed by atoms with E-state index in [-0.39, 0.29) is 28.2 Å². The molecule has 3 N–H and O–H groups in total. The topological polar surface area (TPSA) is 124 Å². The number of carbonyl (C=O) groups excluding carboxylic acids is 2. The van der Waals surface area contributed by atoms with Crippen LogP contribution in [0, 0.1) is 6.92 Å². The maximum atomic E-state index is 12.9. The van der Waals surface area contributed by atoms with Crippen LogP contribution in [0.25, 0.3) is 0 Å². The van der Waals surface area contributed by atoms with Gasteiger partial charge in [0.25, 0.3) is 5.91 Å². The summed E-state index contributed by atoms with van der Waals surface area (Å²) in [6.45, 7) is 12.4. The van der Waals surface area contributed by atoms with Crippen molar-refractivity contribution in [3.8, 4) is 5.75 Å². The molecule has 0 saturated carbocycles. The zero-order valence-corrected chi connectivity index (χ0v) is 30.9. The number of benzene rings is 3. The lowest BCUT2D eigenvalue weighted by molar-refractivity contribution is -0.242. The van der Waals surface area contributed by atoms with Crippen molar-refractivity contribution in [1.29, 1.82) is 0 Å². The predicted octanol–water partition coefficient (Wildman–Crippen LogP) is 7.86. The normalized spacial score (nSPS) is 15.7. The second-order valence-electron chi connectivity index (χ2n) is 13.3. The summed E-state index contributed by atoms with van der Waals surface area (Å²) < 4.78 is 63.8. The van der Waals surface area contributed by atoms with E-state index >= 15 is 0 Å². The van der Waals surface area contributed by atoms with Crippen LogP contribution in [0.1, 0.15) is 84.4 Å². The summed E-state index contributed by atoms with van der Waals surface area (Å²) in [6.07, 6.45) is -4.27. The number of nitrogens with one attached hydrogen (secondary N) is 1. The lowest BCUT2D eigenvalue weighted by atomic mass is 9.87. The van der Waals surface area contributed by atoms with E-state index in [1.54, 1.807) is 0 Å². The van der Waals surface area contributed by atoms with Crippen LogP contribution in [-0.4, -0.2) is 65.6 Å². The summed E-state index contributed by atoms with van der Waals surface area (Å²) in [5, 5.41) is 23.3. The second-order valence-corrected chi connectivity index (χ2v) is 16.2. The van der Waals surface area contributed by atoms with E-state index in [1.807, 2.05) is 23.5 Å². The first-order chi connectivity index (χ1) is 23.8. The number of fused-ring (bicyclic) bond motifs is 2. The highest BCUT2D eigenvalue weighted by Gasteiger charge is 2.56. The number of aryl methyl sites for hydroxylation is 1. The maximum Gasteiger partial charge on any atom is 0.426 e. The molecule has 0 saturated heterocycles. The molecule has 1 aromatic heterocycles. The molecular weight excluding hydrogens is 702 g/mol. The second kappa shape index (κ2) is 15.7. The molecular formula is C38H43F3N2O6S2. The van der Waals surface area contributed by atoms with Gasteiger partial charge in [-0.05, 0) is 95.3 Å². The zero-order chi connectivity index (χ0) is 37.9. The molecule has 2 heterocycles. The van der Waals surface area contributed by atoms with Crippen molar-refractivity contribution < 1.29 is 41.4 Å². The molecule has 0 unspecified atom stereocenters. The number of sulfone groups is 1. The van der Waals surface area contributed by atoms with Gasteiger partial charge in [0.05, 0.1) is 26.8 Å². The van der Waals surface area contributed by atoms with Crippen molar-refractivity contribution in [2.24, 2.45) is 0 Å². The number of nitrogens with zero attached hydrogens (tertiary/aromatic N) is 1. The first-order valence-corrected chi connectivity index (χ1v) is 19.0. The Balaban J connectivity index is 0.000000230. The molecule has 1 amide bonds. The van der Waals surface area contributed by atoms with Crippen LogP contribution in [0.15, 0.2) is 83.1 Å². The van der Waals surface area contributed by atoms with Gasteiger partial charge in [-0.25, -0.2) is 8.42 Å². The van der Waals surface area contributed by atoms with Crippen molar-refractivity contribution in [2.75, 3.05) is 11.9 Å². The van der Waals surface area contributed by atoms with Gasteiger partial charge in [0, 0.05) is 23.6 Å². The first kappa shape index (κ1) is 39.7. The molecule has 2 atom stereocenters. The average Bonchev–Trinajstić information content (AvgIpc) is 3.48. The van der Waals surface area contributed by atoms with Gasteiger partial charge in [-0.2, -0.15) is 13.2 Å². The highest BCUT2D eigenvalue weighted by Crippen LogP contribution is 2.38. The van der Waals surface area contributed by atoms with Crippen LogP contribution in [0.4, 0.5) is 18.9 Å². The molecule has 1 aliphatic rings. The van der Waals surface area contributed by atoms with Gasteiger partial charge in [0.2, 0.25) is 11.4 Å². The number of halogens is 3. The van der Waals surface area contributed by atoms with E-state index in [2.05, 4.69) is 69.9 Å². The minimum Gasteiger partial charge on any atom is -0.508 e. The Morgan fingerprint density at radius 2 is 1.63 bits per heavy atom. The fourth-order valence-corrected chi connectivity index (χ4v) is 8.64. The zero-order valence-electron chi connectivity index (χ0n) is 29.3. The van der Waals surface area contributed by atoms with Gasteiger partial charge in [-0.3, -0.25) is 14.5 Å². The lowest BCUT2D eigenvalue weighted by Gasteiger charge is -2.32. The molecule has 8 nitrogen and oxygen atoms in total. The van der Waals surface area contributed by atoms with Crippen molar-refractivity contribution in [2.45, 2.75) is 88.4 Å². The molecule has 13 heteroatoms. The van der Waals surface area contributed by atoms with Crippen molar-refractivity contribution in [3.63, 3.8) is 0 Å². The summed E-state index contributed by atoms with van der Waals surface area (Å²) in [5.41, 5.74) is -0.799. The number of aromatic hydroxyl groups is 1. The summed E-state index contributed by atoms with van der Waals surface area (Å²) in [6, 6.07) is 22.4. The van der Waals surface area contributed by atoms with Crippen LogP contribution in [0.5, 0.6) is 5.75 Å². The Kier molecular flexibility index (Phi) is 12.2. The minimum atomic E-state index is -5.26. The number of aliphatic hydroxyl groups is 1. The number of thiophene rings is 1. The number of hydrogen-bond acceptors (Lipinski definition) is 8. The number of rotatable bonds is 9. The quantitative estimate of drug-likeness (QED) is 0.160. The van der Waals surface area contributed by atoms with Crippen LogP contribution >= 0.6 is 11.3 Å². The third kappa shape index (κ3) is 8.89. The molecule has 4 aromatic rings.